The number of ether oxygens (including phenoxy) is 2. The van der Waals surface area contributed by atoms with E-state index in [9.17, 15) is 9.90 Å². The molecule has 0 aliphatic rings. The molecule has 2 aromatic carbocycles. The van der Waals surface area contributed by atoms with Gasteiger partial charge in [-0.25, -0.2) is 0 Å². The van der Waals surface area contributed by atoms with Gasteiger partial charge in [0.1, 0.15) is 17.2 Å². The van der Waals surface area contributed by atoms with Crippen molar-refractivity contribution in [1.29, 1.82) is 0 Å². The van der Waals surface area contributed by atoms with Crippen molar-refractivity contribution in [2.24, 2.45) is 0 Å². The molecule has 0 unspecified atom stereocenters. The zero-order valence-corrected chi connectivity index (χ0v) is 18.1. The van der Waals surface area contributed by atoms with E-state index in [1.165, 1.54) is 18.2 Å². The Bertz CT molecular complexity index is 842. The molecule has 2 rings (SSSR count). The Morgan fingerprint density at radius 3 is 2.17 bits per heavy atom. The third-order valence-corrected chi connectivity index (χ3v) is 4.43. The van der Waals surface area contributed by atoms with Gasteiger partial charge in [0, 0.05) is 11.1 Å². The molecule has 0 saturated heterocycles. The van der Waals surface area contributed by atoms with Crippen LogP contribution in [0.2, 0.25) is 0 Å². The smallest absolute Gasteiger partial charge is 0.185 e. The fourth-order valence-corrected chi connectivity index (χ4v) is 2.91. The van der Waals surface area contributed by atoms with Crippen LogP contribution in [0.1, 0.15) is 68.9 Å². The van der Waals surface area contributed by atoms with Crippen LogP contribution in [0.25, 0.3) is 6.08 Å². The molecule has 156 valence electrons. The van der Waals surface area contributed by atoms with Crippen LogP contribution in [0.4, 0.5) is 0 Å². The minimum Gasteiger partial charge on any atom is -0.508 e. The minimum absolute atomic E-state index is 0.115. The topological polar surface area (TPSA) is 55.8 Å². The molecule has 0 amide bonds. The predicted octanol–water partition coefficient (Wildman–Crippen LogP) is 6.16. The molecule has 2 aromatic rings. The molecule has 0 atom stereocenters. The summed E-state index contributed by atoms with van der Waals surface area (Å²) in [6.45, 7) is 11.7. The molecular formula is C25H32O4. The first-order chi connectivity index (χ1) is 13.8. The van der Waals surface area contributed by atoms with Crippen LogP contribution in [0.3, 0.4) is 0 Å². The summed E-state index contributed by atoms with van der Waals surface area (Å²) in [5.41, 5.74) is 2.26. The third kappa shape index (κ3) is 6.11. The molecular weight excluding hydrogens is 364 g/mol. The largest absolute Gasteiger partial charge is 0.508 e. The van der Waals surface area contributed by atoms with E-state index in [1.807, 2.05) is 6.07 Å². The number of aromatic hydroxyl groups is 1. The summed E-state index contributed by atoms with van der Waals surface area (Å²) >= 11 is 0. The predicted molar refractivity (Wildman–Crippen MR) is 118 cm³/mol. The third-order valence-electron chi connectivity index (χ3n) is 4.43. The zero-order valence-electron chi connectivity index (χ0n) is 18.1. The lowest BCUT2D eigenvalue weighted by atomic mass is 9.84. The van der Waals surface area contributed by atoms with Crippen molar-refractivity contribution in [2.45, 2.75) is 52.9 Å². The van der Waals surface area contributed by atoms with Gasteiger partial charge in [-0.3, -0.25) is 4.79 Å². The average molecular weight is 397 g/mol. The second kappa shape index (κ2) is 10.1. The van der Waals surface area contributed by atoms with Crippen molar-refractivity contribution in [3.63, 3.8) is 0 Å². The Balaban J connectivity index is 2.51. The van der Waals surface area contributed by atoms with E-state index in [4.69, 9.17) is 9.47 Å². The molecule has 0 heterocycles. The number of phenolic OH excluding ortho intramolecular Hbond substituents is 1. The Hall–Kier alpha value is -2.75. The monoisotopic (exact) mass is 396 g/mol. The molecule has 4 nitrogen and oxygen atoms in total. The maximum absolute atomic E-state index is 12.6. The Morgan fingerprint density at radius 1 is 0.966 bits per heavy atom. The number of ketones is 1. The van der Waals surface area contributed by atoms with E-state index in [-0.39, 0.29) is 16.9 Å². The van der Waals surface area contributed by atoms with Crippen LogP contribution in [-0.4, -0.2) is 24.1 Å². The maximum Gasteiger partial charge on any atom is 0.185 e. The number of rotatable bonds is 9. The van der Waals surface area contributed by atoms with Gasteiger partial charge in [-0.15, -0.1) is 0 Å². The van der Waals surface area contributed by atoms with Gasteiger partial charge >= 0.3 is 0 Å². The Kier molecular flexibility index (Phi) is 7.89. The quantitative estimate of drug-likeness (QED) is 0.407. The molecule has 0 fully saturated rings. The van der Waals surface area contributed by atoms with Gasteiger partial charge in [-0.1, -0.05) is 40.7 Å². The Morgan fingerprint density at radius 2 is 1.59 bits per heavy atom. The number of hydrogen-bond donors (Lipinski definition) is 1. The lowest BCUT2D eigenvalue weighted by Crippen LogP contribution is -2.15. The number of carbonyl (C=O) groups is 1. The van der Waals surface area contributed by atoms with Crippen LogP contribution in [0, 0.1) is 0 Å². The molecule has 4 heteroatoms. The van der Waals surface area contributed by atoms with E-state index >= 15 is 0 Å². The van der Waals surface area contributed by atoms with Crippen molar-refractivity contribution in [2.75, 3.05) is 13.2 Å². The molecule has 29 heavy (non-hydrogen) atoms. The van der Waals surface area contributed by atoms with Crippen LogP contribution in [0.15, 0.2) is 42.5 Å². The standard InChI is InChI=1S/C25H32O4/c1-6-16-28-23-15-13-21(25(3,4)5)24(29-17-7-2)20(23)12-14-22(27)18-8-10-19(26)11-9-18/h8-15,26H,6-7,16-17H2,1-5H3/b14-12+. The minimum atomic E-state index is -0.144. The summed E-state index contributed by atoms with van der Waals surface area (Å²) in [5.74, 6) is 1.46. The van der Waals surface area contributed by atoms with Crippen LogP contribution in [-0.2, 0) is 5.41 Å². The lowest BCUT2D eigenvalue weighted by molar-refractivity contribution is 0.104. The highest BCUT2D eigenvalue weighted by atomic mass is 16.5. The van der Waals surface area contributed by atoms with Crippen molar-refractivity contribution < 1.29 is 19.4 Å². The summed E-state index contributed by atoms with van der Waals surface area (Å²) in [6, 6.07) is 10.2. The SMILES string of the molecule is CCCOc1ccc(C(C)(C)C)c(OCCC)c1/C=C/C(=O)c1ccc(O)cc1. The van der Waals surface area contributed by atoms with Crippen molar-refractivity contribution in [3.05, 3.63) is 59.2 Å². The lowest BCUT2D eigenvalue weighted by Gasteiger charge is -2.25. The van der Waals surface area contributed by atoms with Gasteiger partial charge in [0.25, 0.3) is 0 Å². The van der Waals surface area contributed by atoms with E-state index < -0.39 is 0 Å². The molecule has 0 spiro atoms. The zero-order chi connectivity index (χ0) is 21.4. The summed E-state index contributed by atoms with van der Waals surface area (Å²) in [6.07, 6.45) is 5.09. The highest BCUT2D eigenvalue weighted by Crippen LogP contribution is 2.40. The van der Waals surface area contributed by atoms with Gasteiger partial charge in [0.15, 0.2) is 5.78 Å². The van der Waals surface area contributed by atoms with Crippen LogP contribution >= 0.6 is 0 Å². The molecule has 0 bridgehead atoms. The van der Waals surface area contributed by atoms with E-state index in [2.05, 4.69) is 40.7 Å². The number of hydrogen-bond acceptors (Lipinski definition) is 4. The fraction of sp³-hybridized carbons (Fsp3) is 0.400. The normalized spacial score (nSPS) is 11.6. The number of allylic oxidation sites excluding steroid dienone is 1. The van der Waals surface area contributed by atoms with E-state index in [0.29, 0.717) is 24.5 Å². The average Bonchev–Trinajstić information content (AvgIpc) is 2.68. The van der Waals surface area contributed by atoms with Crippen molar-refractivity contribution >= 4 is 11.9 Å². The second-order valence-electron chi connectivity index (χ2n) is 8.05. The second-order valence-corrected chi connectivity index (χ2v) is 8.05. The first-order valence-corrected chi connectivity index (χ1v) is 10.2. The summed E-state index contributed by atoms with van der Waals surface area (Å²) in [5, 5.41) is 9.43. The number of benzene rings is 2. The van der Waals surface area contributed by atoms with Gasteiger partial charge in [-0.2, -0.15) is 0 Å². The maximum atomic E-state index is 12.6. The molecule has 0 aliphatic carbocycles. The van der Waals surface area contributed by atoms with Crippen LogP contribution in [0.5, 0.6) is 17.2 Å². The van der Waals surface area contributed by atoms with Gasteiger partial charge in [-0.05, 0) is 60.7 Å². The van der Waals surface area contributed by atoms with Crippen molar-refractivity contribution in [3.8, 4) is 17.2 Å². The first-order valence-electron chi connectivity index (χ1n) is 10.2. The highest BCUT2D eigenvalue weighted by molar-refractivity contribution is 6.07. The number of phenols is 1. The first kappa shape index (κ1) is 22.5. The molecule has 0 radical (unpaired) electrons. The van der Waals surface area contributed by atoms with Crippen molar-refractivity contribution in [1.82, 2.24) is 0 Å². The Labute approximate surface area is 174 Å². The highest BCUT2D eigenvalue weighted by Gasteiger charge is 2.23. The number of carbonyl (C=O) groups excluding carboxylic acids is 1. The molecule has 0 saturated carbocycles. The van der Waals surface area contributed by atoms with Crippen LogP contribution < -0.4 is 9.47 Å². The molecule has 1 N–H and O–H groups in total. The summed E-state index contributed by atoms with van der Waals surface area (Å²) in [7, 11) is 0. The van der Waals surface area contributed by atoms with E-state index in [1.54, 1.807) is 18.2 Å². The van der Waals surface area contributed by atoms with Gasteiger partial charge < -0.3 is 14.6 Å². The van der Waals surface area contributed by atoms with Gasteiger partial charge in [0.05, 0.1) is 18.8 Å². The van der Waals surface area contributed by atoms with Gasteiger partial charge in [0.2, 0.25) is 0 Å². The molecule has 0 aromatic heterocycles. The summed E-state index contributed by atoms with van der Waals surface area (Å²) in [4.78, 5) is 12.6. The fourth-order valence-electron chi connectivity index (χ4n) is 2.91. The molecule has 0 aliphatic heterocycles. The van der Waals surface area contributed by atoms with E-state index in [0.717, 1.165) is 29.7 Å². The summed E-state index contributed by atoms with van der Waals surface area (Å²) < 4.78 is 12.1.